The van der Waals surface area contributed by atoms with Crippen LogP contribution in [0.4, 0.5) is 11.4 Å². The Hall–Kier alpha value is -1.59. The van der Waals surface area contributed by atoms with E-state index in [-0.39, 0.29) is 5.69 Å². The van der Waals surface area contributed by atoms with Gasteiger partial charge in [-0.15, -0.1) is 0 Å². The van der Waals surface area contributed by atoms with Crippen molar-refractivity contribution in [1.82, 2.24) is 0 Å². The lowest BCUT2D eigenvalue weighted by atomic mass is 9.93. The molecule has 2 aromatic carbocycles. The van der Waals surface area contributed by atoms with E-state index in [4.69, 9.17) is 11.6 Å². The Morgan fingerprint density at radius 1 is 1.29 bits per heavy atom. The molecule has 108 valence electrons. The molecule has 0 radical (unpaired) electrons. The van der Waals surface area contributed by atoms with Gasteiger partial charge in [-0.05, 0) is 11.1 Å². The maximum absolute atomic E-state index is 11.1. The van der Waals surface area contributed by atoms with E-state index in [1.165, 1.54) is 6.07 Å². The van der Waals surface area contributed by atoms with Crippen LogP contribution in [0, 0.1) is 10.1 Å². The lowest BCUT2D eigenvalue weighted by molar-refractivity contribution is -0.384. The summed E-state index contributed by atoms with van der Waals surface area (Å²) in [5.41, 5.74) is 3.90. The molecule has 1 aliphatic heterocycles. The van der Waals surface area contributed by atoms with Crippen LogP contribution in [-0.4, -0.2) is 16.8 Å². The van der Waals surface area contributed by atoms with Crippen molar-refractivity contribution in [1.29, 1.82) is 0 Å². The van der Waals surface area contributed by atoms with Gasteiger partial charge < -0.3 is 4.90 Å². The number of benzene rings is 2. The highest BCUT2D eigenvalue weighted by molar-refractivity contribution is 9.09. The fourth-order valence-corrected chi connectivity index (χ4v) is 3.48. The number of fused-ring (bicyclic) bond motifs is 3. The lowest BCUT2D eigenvalue weighted by Crippen LogP contribution is -2.28. The maximum Gasteiger partial charge on any atom is 0.271 e. The van der Waals surface area contributed by atoms with Crippen molar-refractivity contribution in [2.75, 3.05) is 16.8 Å². The third kappa shape index (κ3) is 2.51. The Bertz CT molecular complexity index is 721. The second-order valence-electron chi connectivity index (χ2n) is 4.85. The van der Waals surface area contributed by atoms with Crippen molar-refractivity contribution in [2.45, 2.75) is 6.54 Å². The molecule has 0 atom stereocenters. The van der Waals surface area contributed by atoms with E-state index in [9.17, 15) is 10.1 Å². The Kier molecular flexibility index (Phi) is 3.87. The van der Waals surface area contributed by atoms with E-state index in [0.717, 1.165) is 40.8 Å². The molecule has 0 amide bonds. The minimum absolute atomic E-state index is 0.0224. The molecule has 2 aromatic rings. The third-order valence-corrected chi connectivity index (χ3v) is 4.24. The molecule has 0 saturated heterocycles. The summed E-state index contributed by atoms with van der Waals surface area (Å²) in [7, 11) is 0. The average molecular weight is 368 g/mol. The number of nitro benzene ring substituents is 1. The standard InChI is InChI=1S/C15H12BrClN2O2/c16-5-6-18-9-10-3-1-2-4-12(10)13-7-11(19(20)21)8-14(17)15(13)18/h1-4,7-8H,5-6,9H2. The van der Waals surface area contributed by atoms with Crippen LogP contribution in [0.5, 0.6) is 0 Å². The van der Waals surface area contributed by atoms with Crippen molar-refractivity contribution in [3.8, 4) is 11.1 Å². The molecule has 0 N–H and O–H groups in total. The molecule has 0 bridgehead atoms. The van der Waals surface area contributed by atoms with Crippen LogP contribution in [0.3, 0.4) is 0 Å². The maximum atomic E-state index is 11.1. The number of hydrogen-bond acceptors (Lipinski definition) is 3. The second kappa shape index (κ2) is 5.66. The molecule has 0 fully saturated rings. The summed E-state index contributed by atoms with van der Waals surface area (Å²) in [6, 6.07) is 11.0. The first-order chi connectivity index (χ1) is 10.1. The van der Waals surface area contributed by atoms with Crippen LogP contribution in [-0.2, 0) is 6.54 Å². The molecular formula is C15H12BrClN2O2. The van der Waals surface area contributed by atoms with E-state index in [0.29, 0.717) is 5.02 Å². The summed E-state index contributed by atoms with van der Waals surface area (Å²) in [5, 5.41) is 12.3. The molecule has 0 saturated carbocycles. The highest BCUT2D eigenvalue weighted by Crippen LogP contribution is 2.45. The van der Waals surface area contributed by atoms with E-state index < -0.39 is 4.92 Å². The van der Waals surface area contributed by atoms with Crippen LogP contribution in [0.1, 0.15) is 5.56 Å². The van der Waals surface area contributed by atoms with Gasteiger partial charge in [-0.2, -0.15) is 0 Å². The molecule has 0 spiro atoms. The van der Waals surface area contributed by atoms with E-state index in [1.807, 2.05) is 24.3 Å². The van der Waals surface area contributed by atoms with Crippen molar-refractivity contribution in [3.63, 3.8) is 0 Å². The Morgan fingerprint density at radius 2 is 2.05 bits per heavy atom. The summed E-state index contributed by atoms with van der Waals surface area (Å²) in [6.45, 7) is 1.55. The molecule has 3 rings (SSSR count). The monoisotopic (exact) mass is 366 g/mol. The molecule has 1 heterocycles. The fourth-order valence-electron chi connectivity index (χ4n) is 2.72. The molecule has 4 nitrogen and oxygen atoms in total. The van der Waals surface area contributed by atoms with Gasteiger partial charge in [0.2, 0.25) is 0 Å². The van der Waals surface area contributed by atoms with Gasteiger partial charge in [0.15, 0.2) is 0 Å². The Balaban J connectivity index is 2.26. The van der Waals surface area contributed by atoms with Crippen molar-refractivity contribution in [3.05, 3.63) is 57.1 Å². The van der Waals surface area contributed by atoms with Crippen molar-refractivity contribution in [2.24, 2.45) is 0 Å². The predicted molar refractivity (Wildman–Crippen MR) is 88.4 cm³/mol. The van der Waals surface area contributed by atoms with Crippen molar-refractivity contribution >= 4 is 38.9 Å². The molecule has 6 heteroatoms. The minimum atomic E-state index is -0.405. The van der Waals surface area contributed by atoms with Crippen molar-refractivity contribution < 1.29 is 4.92 Å². The zero-order valence-electron chi connectivity index (χ0n) is 11.1. The fraction of sp³-hybridized carbons (Fsp3) is 0.200. The highest BCUT2D eigenvalue weighted by atomic mass is 79.9. The van der Waals surface area contributed by atoms with Gasteiger partial charge in [-0.25, -0.2) is 0 Å². The molecule has 21 heavy (non-hydrogen) atoms. The second-order valence-corrected chi connectivity index (χ2v) is 6.05. The van der Waals surface area contributed by atoms with Gasteiger partial charge in [0.25, 0.3) is 5.69 Å². The predicted octanol–water partition coefficient (Wildman–Crippen LogP) is 4.63. The average Bonchev–Trinajstić information content (AvgIpc) is 2.47. The topological polar surface area (TPSA) is 46.4 Å². The summed E-state index contributed by atoms with van der Waals surface area (Å²) >= 11 is 9.77. The number of nitro groups is 1. The van der Waals surface area contributed by atoms with Gasteiger partial charge in [0.05, 0.1) is 15.6 Å². The Labute approximate surface area is 135 Å². The van der Waals surface area contributed by atoms with Crippen LogP contribution in [0.15, 0.2) is 36.4 Å². The van der Waals surface area contributed by atoms with E-state index in [1.54, 1.807) is 6.07 Å². The largest absolute Gasteiger partial charge is 0.365 e. The molecule has 0 unspecified atom stereocenters. The lowest BCUT2D eigenvalue weighted by Gasteiger charge is -2.33. The summed E-state index contributed by atoms with van der Waals surface area (Å²) in [5.74, 6) is 0. The van der Waals surface area contributed by atoms with Gasteiger partial charge in [0.1, 0.15) is 0 Å². The minimum Gasteiger partial charge on any atom is -0.365 e. The number of anilines is 1. The van der Waals surface area contributed by atoms with E-state index >= 15 is 0 Å². The zero-order chi connectivity index (χ0) is 15.0. The number of alkyl halides is 1. The smallest absolute Gasteiger partial charge is 0.271 e. The molecule has 1 aliphatic rings. The Morgan fingerprint density at radius 3 is 2.76 bits per heavy atom. The van der Waals surface area contributed by atoms with Gasteiger partial charge in [0, 0.05) is 36.1 Å². The van der Waals surface area contributed by atoms with Gasteiger partial charge in [-0.3, -0.25) is 10.1 Å². The van der Waals surface area contributed by atoms with E-state index in [2.05, 4.69) is 20.8 Å². The summed E-state index contributed by atoms with van der Waals surface area (Å²) in [4.78, 5) is 12.8. The first kappa shape index (κ1) is 14.4. The van der Waals surface area contributed by atoms with Gasteiger partial charge >= 0.3 is 0 Å². The first-order valence-electron chi connectivity index (χ1n) is 6.49. The molecule has 0 aliphatic carbocycles. The molecular weight excluding hydrogens is 356 g/mol. The summed E-state index contributed by atoms with van der Waals surface area (Å²) in [6.07, 6.45) is 0. The van der Waals surface area contributed by atoms with Crippen LogP contribution >= 0.6 is 27.5 Å². The van der Waals surface area contributed by atoms with Crippen LogP contribution in [0.2, 0.25) is 5.02 Å². The number of hydrogen-bond donors (Lipinski definition) is 0. The first-order valence-corrected chi connectivity index (χ1v) is 7.99. The number of non-ortho nitro benzene ring substituents is 1. The number of nitrogens with zero attached hydrogens (tertiary/aromatic N) is 2. The van der Waals surface area contributed by atoms with Crippen LogP contribution < -0.4 is 4.90 Å². The zero-order valence-corrected chi connectivity index (χ0v) is 13.4. The quantitative estimate of drug-likeness (QED) is 0.451. The molecule has 0 aromatic heterocycles. The number of rotatable bonds is 3. The summed E-state index contributed by atoms with van der Waals surface area (Å²) < 4.78 is 0. The van der Waals surface area contributed by atoms with Crippen LogP contribution in [0.25, 0.3) is 11.1 Å². The highest BCUT2D eigenvalue weighted by Gasteiger charge is 2.26. The SMILES string of the molecule is O=[N+]([O-])c1cc(Cl)c2c(c1)-c1ccccc1CN2CCBr. The normalized spacial score (nSPS) is 12.8. The van der Waals surface area contributed by atoms with Gasteiger partial charge in [-0.1, -0.05) is 51.8 Å². The third-order valence-electron chi connectivity index (χ3n) is 3.60. The number of halogens is 2.